The van der Waals surface area contributed by atoms with Crippen molar-refractivity contribution >= 4 is 11.9 Å². The molecule has 0 bridgehead atoms. The summed E-state index contributed by atoms with van der Waals surface area (Å²) >= 11 is 0. The topological polar surface area (TPSA) is 72.6 Å². The Hall–Kier alpha value is -1.62. The lowest BCUT2D eigenvalue weighted by Gasteiger charge is -2.33. The summed E-state index contributed by atoms with van der Waals surface area (Å²) in [4.78, 5) is 25.8. The van der Waals surface area contributed by atoms with E-state index in [2.05, 4.69) is 6.58 Å². The van der Waals surface area contributed by atoms with Crippen molar-refractivity contribution in [2.24, 2.45) is 11.1 Å². The molecule has 0 saturated carbocycles. The SMILES string of the molecule is C=CCC(/C=C(\C)C(=O)OCC)N(C)C(=O)[C@@H](N)C(C)(C)C. The number of nitrogens with zero attached hydrogens (tertiary/aromatic N) is 1. The molecular formula is C17H30N2O3. The van der Waals surface area contributed by atoms with Crippen LogP contribution in [0.2, 0.25) is 0 Å². The fraction of sp³-hybridized carbons (Fsp3) is 0.647. The van der Waals surface area contributed by atoms with Crippen LogP contribution < -0.4 is 5.73 Å². The summed E-state index contributed by atoms with van der Waals surface area (Å²) in [7, 11) is 1.69. The summed E-state index contributed by atoms with van der Waals surface area (Å²) in [5.41, 5.74) is 6.18. The van der Waals surface area contributed by atoms with Crippen LogP contribution in [0.4, 0.5) is 0 Å². The molecule has 0 aliphatic heterocycles. The molecule has 1 amide bonds. The number of carbonyl (C=O) groups is 2. The third-order valence-electron chi connectivity index (χ3n) is 3.49. The second kappa shape index (κ2) is 8.73. The summed E-state index contributed by atoms with van der Waals surface area (Å²) < 4.78 is 4.96. The van der Waals surface area contributed by atoms with Crippen LogP contribution in [0.1, 0.15) is 41.0 Å². The van der Waals surface area contributed by atoms with Gasteiger partial charge in [-0.15, -0.1) is 6.58 Å². The molecule has 126 valence electrons. The normalized spacial score (nSPS) is 15.0. The van der Waals surface area contributed by atoms with Gasteiger partial charge in [-0.3, -0.25) is 4.79 Å². The summed E-state index contributed by atoms with van der Waals surface area (Å²) in [6, 6.07) is -0.885. The van der Waals surface area contributed by atoms with Crippen molar-refractivity contribution in [1.82, 2.24) is 4.90 Å². The first-order chi connectivity index (χ1) is 10.1. The molecule has 22 heavy (non-hydrogen) atoms. The number of hydrogen-bond acceptors (Lipinski definition) is 4. The number of carbonyl (C=O) groups excluding carboxylic acids is 2. The second-order valence-electron chi connectivity index (χ2n) is 6.45. The summed E-state index contributed by atoms with van der Waals surface area (Å²) in [6.07, 6.45) is 3.98. The molecule has 1 unspecified atom stereocenters. The zero-order valence-electron chi connectivity index (χ0n) is 14.7. The molecule has 5 nitrogen and oxygen atoms in total. The van der Waals surface area contributed by atoms with Gasteiger partial charge < -0.3 is 15.4 Å². The van der Waals surface area contributed by atoms with E-state index in [1.54, 1.807) is 37.9 Å². The maximum atomic E-state index is 12.5. The lowest BCUT2D eigenvalue weighted by Crippen LogP contribution is -2.51. The van der Waals surface area contributed by atoms with Crippen LogP contribution in [-0.2, 0) is 14.3 Å². The van der Waals surface area contributed by atoms with E-state index in [4.69, 9.17) is 10.5 Å². The van der Waals surface area contributed by atoms with Crippen molar-refractivity contribution in [3.8, 4) is 0 Å². The van der Waals surface area contributed by atoms with Crippen LogP contribution in [0, 0.1) is 5.41 Å². The molecule has 0 radical (unpaired) electrons. The van der Waals surface area contributed by atoms with Crippen LogP contribution in [0.15, 0.2) is 24.3 Å². The standard InChI is InChI=1S/C17H30N2O3/c1-8-10-13(11-12(3)16(21)22-9-2)19(7)15(20)14(18)17(4,5)6/h8,11,13-14H,1,9-10,18H2,2-7H3/b12-11+/t13?,14-/m1/s1. The highest BCUT2D eigenvalue weighted by Gasteiger charge is 2.31. The molecule has 0 rings (SSSR count). The highest BCUT2D eigenvalue weighted by molar-refractivity contribution is 5.88. The molecule has 0 aliphatic carbocycles. The van der Waals surface area contributed by atoms with Crippen molar-refractivity contribution in [1.29, 1.82) is 0 Å². The molecule has 0 heterocycles. The fourth-order valence-electron chi connectivity index (χ4n) is 1.86. The number of nitrogens with two attached hydrogens (primary N) is 1. The average molecular weight is 310 g/mol. The average Bonchev–Trinajstić information content (AvgIpc) is 2.43. The molecular weight excluding hydrogens is 280 g/mol. The number of esters is 1. The minimum absolute atomic E-state index is 0.160. The van der Waals surface area contributed by atoms with E-state index in [0.29, 0.717) is 18.6 Å². The van der Waals surface area contributed by atoms with Crippen LogP contribution in [-0.4, -0.2) is 42.5 Å². The van der Waals surface area contributed by atoms with Crippen molar-refractivity contribution in [3.05, 3.63) is 24.3 Å². The summed E-state index contributed by atoms with van der Waals surface area (Å²) in [6.45, 7) is 13.2. The van der Waals surface area contributed by atoms with Crippen molar-refractivity contribution < 1.29 is 14.3 Å². The summed E-state index contributed by atoms with van der Waals surface area (Å²) in [5, 5.41) is 0. The van der Waals surface area contributed by atoms with Gasteiger partial charge in [0.25, 0.3) is 0 Å². The molecule has 0 saturated heterocycles. The van der Waals surface area contributed by atoms with Crippen LogP contribution in [0.3, 0.4) is 0 Å². The Bertz CT molecular complexity index is 436. The molecule has 0 fully saturated rings. The second-order valence-corrected chi connectivity index (χ2v) is 6.45. The smallest absolute Gasteiger partial charge is 0.333 e. The van der Waals surface area contributed by atoms with Gasteiger partial charge in [0.2, 0.25) is 5.91 Å². The van der Waals surface area contributed by atoms with E-state index in [9.17, 15) is 9.59 Å². The lowest BCUT2D eigenvalue weighted by molar-refractivity contribution is -0.139. The van der Waals surface area contributed by atoms with E-state index in [0.717, 1.165) is 0 Å². The number of likely N-dealkylation sites (N-methyl/N-ethyl adjacent to an activating group) is 1. The minimum Gasteiger partial charge on any atom is -0.463 e. The Kier molecular flexibility index (Phi) is 8.09. The van der Waals surface area contributed by atoms with E-state index in [-0.39, 0.29) is 23.3 Å². The van der Waals surface area contributed by atoms with Crippen molar-refractivity contribution in [2.45, 2.75) is 53.1 Å². The van der Waals surface area contributed by atoms with Gasteiger partial charge in [0, 0.05) is 12.6 Å². The Morgan fingerprint density at radius 2 is 1.91 bits per heavy atom. The molecule has 5 heteroatoms. The molecule has 0 aliphatic rings. The number of rotatable bonds is 7. The third kappa shape index (κ3) is 6.02. The number of amides is 1. The van der Waals surface area contributed by atoms with Crippen LogP contribution >= 0.6 is 0 Å². The maximum absolute atomic E-state index is 12.5. The third-order valence-corrected chi connectivity index (χ3v) is 3.49. The molecule has 0 spiro atoms. The first-order valence-electron chi connectivity index (χ1n) is 7.54. The van der Waals surface area contributed by atoms with Gasteiger partial charge >= 0.3 is 5.97 Å². The zero-order chi connectivity index (χ0) is 17.5. The van der Waals surface area contributed by atoms with Crippen molar-refractivity contribution in [3.63, 3.8) is 0 Å². The Labute approximate surface area is 134 Å². The van der Waals surface area contributed by atoms with E-state index in [1.807, 2.05) is 20.8 Å². The predicted octanol–water partition coefficient (Wildman–Crippen LogP) is 2.27. The minimum atomic E-state index is -0.610. The molecule has 0 aromatic carbocycles. The summed E-state index contributed by atoms with van der Waals surface area (Å²) in [5.74, 6) is -0.537. The largest absolute Gasteiger partial charge is 0.463 e. The van der Waals surface area contributed by atoms with E-state index in [1.165, 1.54) is 0 Å². The van der Waals surface area contributed by atoms with Gasteiger partial charge in [-0.05, 0) is 25.7 Å². The van der Waals surface area contributed by atoms with Crippen LogP contribution in [0.25, 0.3) is 0 Å². The van der Waals surface area contributed by atoms with Crippen molar-refractivity contribution in [2.75, 3.05) is 13.7 Å². The Balaban J connectivity index is 5.24. The first-order valence-corrected chi connectivity index (χ1v) is 7.54. The molecule has 0 aromatic heterocycles. The maximum Gasteiger partial charge on any atom is 0.333 e. The highest BCUT2D eigenvalue weighted by Crippen LogP contribution is 2.20. The molecule has 2 atom stereocenters. The Morgan fingerprint density at radius 3 is 2.32 bits per heavy atom. The molecule has 0 aromatic rings. The van der Waals surface area contributed by atoms with E-state index >= 15 is 0 Å². The number of ether oxygens (including phenoxy) is 1. The Morgan fingerprint density at radius 1 is 1.36 bits per heavy atom. The highest BCUT2D eigenvalue weighted by atomic mass is 16.5. The van der Waals surface area contributed by atoms with Gasteiger partial charge in [0.1, 0.15) is 0 Å². The lowest BCUT2D eigenvalue weighted by atomic mass is 9.86. The number of hydrogen-bond donors (Lipinski definition) is 1. The van der Waals surface area contributed by atoms with Gasteiger partial charge in [0.15, 0.2) is 0 Å². The van der Waals surface area contributed by atoms with E-state index < -0.39 is 6.04 Å². The van der Waals surface area contributed by atoms with Gasteiger partial charge in [-0.2, -0.15) is 0 Å². The monoisotopic (exact) mass is 310 g/mol. The van der Waals surface area contributed by atoms with Gasteiger partial charge in [-0.1, -0.05) is 32.9 Å². The zero-order valence-corrected chi connectivity index (χ0v) is 14.7. The first kappa shape index (κ1) is 20.4. The van der Waals surface area contributed by atoms with Gasteiger partial charge in [-0.25, -0.2) is 4.79 Å². The quantitative estimate of drug-likeness (QED) is 0.445. The van der Waals surface area contributed by atoms with Gasteiger partial charge in [0.05, 0.1) is 18.7 Å². The predicted molar refractivity (Wildman–Crippen MR) is 89.2 cm³/mol. The fourth-order valence-corrected chi connectivity index (χ4v) is 1.86. The molecule has 2 N–H and O–H groups in total. The van der Waals surface area contributed by atoms with Crippen LogP contribution in [0.5, 0.6) is 0 Å².